The third kappa shape index (κ3) is 3.58. The van der Waals surface area contributed by atoms with Gasteiger partial charge in [0.2, 0.25) is 5.88 Å². The number of ether oxygens (including phenoxy) is 1. The zero-order valence-corrected chi connectivity index (χ0v) is 12.7. The first-order valence-electron chi connectivity index (χ1n) is 6.90. The van der Waals surface area contributed by atoms with Crippen molar-refractivity contribution in [1.29, 1.82) is 0 Å². The fourth-order valence-electron chi connectivity index (χ4n) is 1.94. The molecule has 2 aromatic heterocycles. The first-order valence-corrected chi connectivity index (χ1v) is 6.90. The van der Waals surface area contributed by atoms with E-state index < -0.39 is 5.91 Å². The van der Waals surface area contributed by atoms with Gasteiger partial charge >= 0.3 is 0 Å². The Labute approximate surface area is 136 Å². The molecule has 9 heteroatoms. The van der Waals surface area contributed by atoms with Crippen LogP contribution in [0.15, 0.2) is 42.9 Å². The molecule has 0 saturated carbocycles. The highest BCUT2D eigenvalue weighted by Gasteiger charge is 2.12. The number of phenols is 1. The second-order valence-corrected chi connectivity index (χ2v) is 4.93. The van der Waals surface area contributed by atoms with Crippen LogP contribution in [0.2, 0.25) is 0 Å². The van der Waals surface area contributed by atoms with Crippen molar-refractivity contribution in [1.82, 2.24) is 19.7 Å². The molecular formula is C15H14N6O3. The Morgan fingerprint density at radius 1 is 1.29 bits per heavy atom. The SMILES string of the molecule is Cn1ccc(NC(=O)c2cc(O)cc(Oc3cnc(N)cn3)c2)n1. The molecule has 4 N–H and O–H groups in total. The number of hydrogen-bond acceptors (Lipinski definition) is 7. The second-order valence-electron chi connectivity index (χ2n) is 4.93. The Morgan fingerprint density at radius 3 is 2.79 bits per heavy atom. The third-order valence-electron chi connectivity index (χ3n) is 2.98. The van der Waals surface area contributed by atoms with Crippen LogP contribution in [0.1, 0.15) is 10.4 Å². The topological polar surface area (TPSA) is 128 Å². The molecule has 3 rings (SSSR count). The number of rotatable bonds is 4. The standard InChI is InChI=1S/C15H14N6O3/c1-21-3-2-13(20-21)19-15(23)9-4-10(22)6-11(5-9)24-14-8-17-12(16)7-18-14/h2-8,22H,1H3,(H2,16,17)(H,19,20,23). The first-order chi connectivity index (χ1) is 11.5. The summed E-state index contributed by atoms with van der Waals surface area (Å²) in [6, 6.07) is 5.80. The van der Waals surface area contributed by atoms with Gasteiger partial charge in [-0.2, -0.15) is 5.10 Å². The number of nitrogens with two attached hydrogens (primary N) is 1. The van der Waals surface area contributed by atoms with E-state index in [1.807, 2.05) is 0 Å². The van der Waals surface area contributed by atoms with Crippen molar-refractivity contribution in [3.8, 4) is 17.4 Å². The average Bonchev–Trinajstić information content (AvgIpc) is 2.94. The van der Waals surface area contributed by atoms with Crippen molar-refractivity contribution >= 4 is 17.5 Å². The molecule has 0 aliphatic rings. The van der Waals surface area contributed by atoms with Gasteiger partial charge in [0, 0.05) is 30.9 Å². The van der Waals surface area contributed by atoms with Crippen LogP contribution < -0.4 is 15.8 Å². The summed E-state index contributed by atoms with van der Waals surface area (Å²) < 4.78 is 7.03. The summed E-state index contributed by atoms with van der Waals surface area (Å²) in [5, 5.41) is 16.5. The summed E-state index contributed by atoms with van der Waals surface area (Å²) in [4.78, 5) is 20.0. The van der Waals surface area contributed by atoms with Crippen LogP contribution in [0.25, 0.3) is 0 Å². The number of anilines is 2. The van der Waals surface area contributed by atoms with Crippen molar-refractivity contribution in [3.05, 3.63) is 48.4 Å². The summed E-state index contributed by atoms with van der Waals surface area (Å²) in [6.07, 6.45) is 4.38. The minimum absolute atomic E-state index is 0.123. The van der Waals surface area contributed by atoms with Crippen molar-refractivity contribution in [2.24, 2.45) is 7.05 Å². The zero-order chi connectivity index (χ0) is 17.1. The van der Waals surface area contributed by atoms with Crippen LogP contribution in [-0.4, -0.2) is 30.8 Å². The molecule has 0 radical (unpaired) electrons. The largest absolute Gasteiger partial charge is 0.508 e. The third-order valence-corrected chi connectivity index (χ3v) is 2.98. The number of carbonyl (C=O) groups is 1. The first kappa shape index (κ1) is 15.3. The predicted octanol–water partition coefficient (Wildman–Crippen LogP) is 1.54. The van der Waals surface area contributed by atoms with E-state index in [-0.39, 0.29) is 28.8 Å². The monoisotopic (exact) mass is 326 g/mol. The van der Waals surface area contributed by atoms with Crippen LogP contribution >= 0.6 is 0 Å². The highest BCUT2D eigenvalue weighted by molar-refractivity contribution is 6.04. The fraction of sp³-hybridized carbons (Fsp3) is 0.0667. The van der Waals surface area contributed by atoms with Crippen LogP contribution in [0.4, 0.5) is 11.6 Å². The maximum atomic E-state index is 12.3. The van der Waals surface area contributed by atoms with E-state index in [4.69, 9.17) is 10.5 Å². The zero-order valence-electron chi connectivity index (χ0n) is 12.7. The number of aryl methyl sites for hydroxylation is 1. The van der Waals surface area contributed by atoms with E-state index in [0.29, 0.717) is 5.82 Å². The van der Waals surface area contributed by atoms with Crippen molar-refractivity contribution in [2.45, 2.75) is 0 Å². The lowest BCUT2D eigenvalue weighted by Gasteiger charge is -2.08. The predicted molar refractivity (Wildman–Crippen MR) is 85.8 cm³/mol. The lowest BCUT2D eigenvalue weighted by molar-refractivity contribution is 0.102. The van der Waals surface area contributed by atoms with E-state index >= 15 is 0 Å². The fourth-order valence-corrected chi connectivity index (χ4v) is 1.94. The minimum atomic E-state index is -0.433. The van der Waals surface area contributed by atoms with Crippen LogP contribution in [0, 0.1) is 0 Å². The Balaban J connectivity index is 1.80. The number of aromatic hydroxyl groups is 1. The molecule has 1 amide bonds. The van der Waals surface area contributed by atoms with Gasteiger partial charge in [-0.3, -0.25) is 9.48 Å². The average molecular weight is 326 g/mol. The van der Waals surface area contributed by atoms with E-state index in [2.05, 4.69) is 20.4 Å². The van der Waals surface area contributed by atoms with Gasteiger partial charge in [-0.25, -0.2) is 9.97 Å². The molecule has 0 unspecified atom stereocenters. The van der Waals surface area contributed by atoms with Gasteiger partial charge in [-0.15, -0.1) is 0 Å². The van der Waals surface area contributed by atoms with Gasteiger partial charge in [0.05, 0.1) is 12.4 Å². The quantitative estimate of drug-likeness (QED) is 0.663. The summed E-state index contributed by atoms with van der Waals surface area (Å²) in [5.74, 6) is 0.525. The molecule has 0 bridgehead atoms. The molecule has 0 atom stereocenters. The lowest BCUT2D eigenvalue weighted by Crippen LogP contribution is -2.12. The van der Waals surface area contributed by atoms with E-state index in [0.717, 1.165) is 0 Å². The Kier molecular flexibility index (Phi) is 3.98. The highest BCUT2D eigenvalue weighted by atomic mass is 16.5. The summed E-state index contributed by atoms with van der Waals surface area (Å²) in [6.45, 7) is 0. The van der Waals surface area contributed by atoms with Crippen molar-refractivity contribution in [2.75, 3.05) is 11.1 Å². The van der Waals surface area contributed by atoms with Crippen LogP contribution in [0.5, 0.6) is 17.4 Å². The van der Waals surface area contributed by atoms with Gasteiger partial charge in [0.15, 0.2) is 5.82 Å². The molecule has 0 aliphatic carbocycles. The summed E-state index contributed by atoms with van der Waals surface area (Å²) in [5.41, 5.74) is 5.66. The lowest BCUT2D eigenvalue weighted by atomic mass is 10.2. The Morgan fingerprint density at radius 2 is 2.12 bits per heavy atom. The number of nitrogen functional groups attached to an aromatic ring is 1. The molecule has 0 spiro atoms. The van der Waals surface area contributed by atoms with Gasteiger partial charge in [0.25, 0.3) is 5.91 Å². The smallest absolute Gasteiger partial charge is 0.257 e. The maximum Gasteiger partial charge on any atom is 0.257 e. The number of phenolic OH excluding ortho intramolecular Hbond substituents is 1. The van der Waals surface area contributed by atoms with E-state index in [1.165, 1.54) is 30.6 Å². The molecular weight excluding hydrogens is 312 g/mol. The molecule has 9 nitrogen and oxygen atoms in total. The minimum Gasteiger partial charge on any atom is -0.508 e. The molecule has 24 heavy (non-hydrogen) atoms. The second kappa shape index (κ2) is 6.24. The molecule has 1 aromatic carbocycles. The number of hydrogen-bond donors (Lipinski definition) is 3. The molecule has 0 saturated heterocycles. The van der Waals surface area contributed by atoms with Crippen molar-refractivity contribution in [3.63, 3.8) is 0 Å². The molecule has 2 heterocycles. The van der Waals surface area contributed by atoms with Crippen molar-refractivity contribution < 1.29 is 14.6 Å². The van der Waals surface area contributed by atoms with Crippen LogP contribution in [0.3, 0.4) is 0 Å². The van der Waals surface area contributed by atoms with Crippen LogP contribution in [-0.2, 0) is 7.05 Å². The van der Waals surface area contributed by atoms with Gasteiger partial charge in [-0.05, 0) is 12.1 Å². The Hall–Kier alpha value is -3.62. The number of carbonyl (C=O) groups excluding carboxylic acids is 1. The summed E-state index contributed by atoms with van der Waals surface area (Å²) in [7, 11) is 1.74. The van der Waals surface area contributed by atoms with Gasteiger partial charge in [-0.1, -0.05) is 0 Å². The molecule has 0 aliphatic heterocycles. The number of amides is 1. The number of nitrogens with zero attached hydrogens (tertiary/aromatic N) is 4. The number of nitrogens with one attached hydrogen (secondary N) is 1. The Bertz CT molecular complexity index is 875. The molecule has 122 valence electrons. The highest BCUT2D eigenvalue weighted by Crippen LogP contribution is 2.26. The maximum absolute atomic E-state index is 12.3. The van der Waals surface area contributed by atoms with Gasteiger partial charge < -0.3 is 20.9 Å². The van der Waals surface area contributed by atoms with Gasteiger partial charge in [0.1, 0.15) is 17.3 Å². The summed E-state index contributed by atoms with van der Waals surface area (Å²) >= 11 is 0. The van der Waals surface area contributed by atoms with E-state index in [1.54, 1.807) is 24.0 Å². The number of aromatic nitrogens is 4. The molecule has 0 fully saturated rings. The molecule has 3 aromatic rings. The number of benzene rings is 1. The normalized spacial score (nSPS) is 10.4. The van der Waals surface area contributed by atoms with E-state index in [9.17, 15) is 9.90 Å².